The molecule has 1 aromatic rings. The van der Waals surface area contributed by atoms with Gasteiger partial charge in [0.1, 0.15) is 6.07 Å². The molecule has 0 aliphatic heterocycles. The number of carbonyl (C=O) groups is 1. The molecular formula is C15H21N3O2. The van der Waals surface area contributed by atoms with E-state index in [0.717, 1.165) is 31.5 Å². The van der Waals surface area contributed by atoms with Gasteiger partial charge in [-0.3, -0.25) is 9.78 Å². The van der Waals surface area contributed by atoms with E-state index >= 15 is 0 Å². The highest BCUT2D eigenvalue weighted by atomic mass is 16.4. The SMILES string of the molecule is CCCC(CCNc1cnccc1C#N)CCC(=O)O. The maximum atomic E-state index is 10.6. The highest BCUT2D eigenvalue weighted by Gasteiger charge is 2.10. The van der Waals surface area contributed by atoms with Crippen molar-refractivity contribution in [1.29, 1.82) is 5.26 Å². The van der Waals surface area contributed by atoms with Crippen LogP contribution in [0.1, 0.15) is 44.6 Å². The normalized spacial score (nSPS) is 11.6. The van der Waals surface area contributed by atoms with Crippen molar-refractivity contribution in [3.63, 3.8) is 0 Å². The quantitative estimate of drug-likeness (QED) is 0.723. The second-order valence-corrected chi connectivity index (χ2v) is 4.84. The molecule has 0 aliphatic carbocycles. The summed E-state index contributed by atoms with van der Waals surface area (Å²) in [4.78, 5) is 14.6. The molecule has 0 amide bonds. The van der Waals surface area contributed by atoms with Crippen molar-refractivity contribution in [3.8, 4) is 6.07 Å². The van der Waals surface area contributed by atoms with Gasteiger partial charge in [0.05, 0.1) is 17.4 Å². The smallest absolute Gasteiger partial charge is 0.303 e. The number of nitriles is 1. The predicted octanol–water partition coefficient (Wildman–Crippen LogP) is 3.04. The minimum Gasteiger partial charge on any atom is -0.481 e. The Bertz CT molecular complexity index is 468. The largest absolute Gasteiger partial charge is 0.481 e. The summed E-state index contributed by atoms with van der Waals surface area (Å²) in [6.45, 7) is 2.83. The second kappa shape index (κ2) is 8.92. The van der Waals surface area contributed by atoms with Gasteiger partial charge in [0.2, 0.25) is 0 Å². The van der Waals surface area contributed by atoms with Crippen molar-refractivity contribution in [1.82, 2.24) is 4.98 Å². The molecule has 1 rings (SSSR count). The van der Waals surface area contributed by atoms with Gasteiger partial charge in [-0.2, -0.15) is 5.26 Å². The van der Waals surface area contributed by atoms with E-state index in [2.05, 4.69) is 23.3 Å². The van der Waals surface area contributed by atoms with Crippen LogP contribution in [0, 0.1) is 17.2 Å². The number of pyridine rings is 1. The van der Waals surface area contributed by atoms with Gasteiger partial charge in [-0.1, -0.05) is 19.8 Å². The lowest BCUT2D eigenvalue weighted by atomic mass is 9.94. The van der Waals surface area contributed by atoms with Gasteiger partial charge in [0, 0.05) is 19.2 Å². The molecule has 0 aromatic carbocycles. The second-order valence-electron chi connectivity index (χ2n) is 4.84. The Labute approximate surface area is 119 Å². The van der Waals surface area contributed by atoms with Gasteiger partial charge in [-0.25, -0.2) is 0 Å². The molecule has 20 heavy (non-hydrogen) atoms. The van der Waals surface area contributed by atoms with Crippen molar-refractivity contribution >= 4 is 11.7 Å². The van der Waals surface area contributed by atoms with Crippen molar-refractivity contribution in [2.45, 2.75) is 39.0 Å². The predicted molar refractivity (Wildman–Crippen MR) is 77.3 cm³/mol. The molecule has 108 valence electrons. The van der Waals surface area contributed by atoms with Crippen molar-refractivity contribution in [3.05, 3.63) is 24.0 Å². The van der Waals surface area contributed by atoms with Gasteiger partial charge in [-0.05, 0) is 24.8 Å². The summed E-state index contributed by atoms with van der Waals surface area (Å²) in [6, 6.07) is 3.80. The standard InChI is InChI=1S/C15H21N3O2/c1-2-3-12(4-5-15(19)20)6-9-18-14-11-17-8-7-13(14)10-16/h7-8,11-12,18H,2-6,9H2,1H3,(H,19,20). The van der Waals surface area contributed by atoms with E-state index < -0.39 is 5.97 Å². The third-order valence-corrected chi connectivity index (χ3v) is 3.27. The van der Waals surface area contributed by atoms with Gasteiger partial charge in [0.25, 0.3) is 0 Å². The monoisotopic (exact) mass is 275 g/mol. The van der Waals surface area contributed by atoms with Crippen LogP contribution in [-0.2, 0) is 4.79 Å². The van der Waals surface area contributed by atoms with Crippen LogP contribution in [0.2, 0.25) is 0 Å². The first-order chi connectivity index (χ1) is 9.67. The number of hydrogen-bond donors (Lipinski definition) is 2. The number of anilines is 1. The fourth-order valence-electron chi connectivity index (χ4n) is 2.21. The third kappa shape index (κ3) is 5.70. The lowest BCUT2D eigenvalue weighted by Gasteiger charge is -2.16. The number of aromatic nitrogens is 1. The Hall–Kier alpha value is -2.09. The Morgan fingerprint density at radius 2 is 2.30 bits per heavy atom. The lowest BCUT2D eigenvalue weighted by molar-refractivity contribution is -0.137. The molecule has 0 radical (unpaired) electrons. The van der Waals surface area contributed by atoms with Crippen LogP contribution in [0.15, 0.2) is 18.5 Å². The van der Waals surface area contributed by atoms with E-state index in [1.165, 1.54) is 0 Å². The number of hydrogen-bond acceptors (Lipinski definition) is 4. The summed E-state index contributed by atoms with van der Waals surface area (Å²) in [5.74, 6) is -0.330. The number of carboxylic acid groups (broad SMARTS) is 1. The summed E-state index contributed by atoms with van der Waals surface area (Å²) in [5.41, 5.74) is 1.32. The molecular weight excluding hydrogens is 254 g/mol. The summed E-state index contributed by atoms with van der Waals surface area (Å²) >= 11 is 0. The average molecular weight is 275 g/mol. The minimum atomic E-state index is -0.738. The van der Waals surface area contributed by atoms with E-state index in [4.69, 9.17) is 10.4 Å². The fraction of sp³-hybridized carbons (Fsp3) is 0.533. The first-order valence-corrected chi connectivity index (χ1v) is 6.97. The fourth-order valence-corrected chi connectivity index (χ4v) is 2.21. The maximum absolute atomic E-state index is 10.6. The van der Waals surface area contributed by atoms with Crippen molar-refractivity contribution < 1.29 is 9.90 Å². The summed E-state index contributed by atoms with van der Waals surface area (Å²) < 4.78 is 0. The number of nitrogens with zero attached hydrogens (tertiary/aromatic N) is 2. The Morgan fingerprint density at radius 1 is 1.50 bits per heavy atom. The Kier molecular flexibility index (Phi) is 7.12. The minimum absolute atomic E-state index is 0.223. The molecule has 0 fully saturated rings. The Morgan fingerprint density at radius 3 is 2.95 bits per heavy atom. The van der Waals surface area contributed by atoms with E-state index in [-0.39, 0.29) is 6.42 Å². The molecule has 5 heteroatoms. The molecule has 0 spiro atoms. The topological polar surface area (TPSA) is 86.0 Å². The zero-order valence-electron chi connectivity index (χ0n) is 11.8. The summed E-state index contributed by atoms with van der Waals surface area (Å²) in [7, 11) is 0. The van der Waals surface area contributed by atoms with E-state index in [1.54, 1.807) is 18.5 Å². The van der Waals surface area contributed by atoms with E-state index in [1.807, 2.05) is 0 Å². The van der Waals surface area contributed by atoms with Gasteiger partial charge in [0.15, 0.2) is 0 Å². The number of nitrogens with one attached hydrogen (secondary N) is 1. The third-order valence-electron chi connectivity index (χ3n) is 3.27. The molecule has 0 aliphatic rings. The number of carboxylic acids is 1. The summed E-state index contributed by atoms with van der Waals surface area (Å²) in [6.07, 6.45) is 7.17. The highest BCUT2D eigenvalue weighted by Crippen LogP contribution is 2.19. The molecule has 1 atom stereocenters. The molecule has 1 aromatic heterocycles. The Balaban J connectivity index is 2.43. The van der Waals surface area contributed by atoms with Crippen LogP contribution < -0.4 is 5.32 Å². The molecule has 1 heterocycles. The highest BCUT2D eigenvalue weighted by molar-refractivity contribution is 5.66. The maximum Gasteiger partial charge on any atom is 0.303 e. The van der Waals surface area contributed by atoms with E-state index in [0.29, 0.717) is 17.9 Å². The van der Waals surface area contributed by atoms with Crippen LogP contribution in [0.5, 0.6) is 0 Å². The summed E-state index contributed by atoms with van der Waals surface area (Å²) in [5, 5.41) is 20.9. The van der Waals surface area contributed by atoms with Gasteiger partial charge >= 0.3 is 5.97 Å². The van der Waals surface area contributed by atoms with Crippen molar-refractivity contribution in [2.75, 3.05) is 11.9 Å². The van der Waals surface area contributed by atoms with Gasteiger partial charge < -0.3 is 10.4 Å². The van der Waals surface area contributed by atoms with Crippen LogP contribution in [0.25, 0.3) is 0 Å². The number of aliphatic carboxylic acids is 1. The van der Waals surface area contributed by atoms with Crippen LogP contribution >= 0.6 is 0 Å². The van der Waals surface area contributed by atoms with Crippen LogP contribution in [-0.4, -0.2) is 22.6 Å². The molecule has 0 saturated heterocycles. The molecule has 5 nitrogen and oxygen atoms in total. The van der Waals surface area contributed by atoms with Crippen LogP contribution in [0.4, 0.5) is 5.69 Å². The van der Waals surface area contributed by atoms with Gasteiger partial charge in [-0.15, -0.1) is 0 Å². The molecule has 0 bridgehead atoms. The first kappa shape index (κ1) is 16.0. The van der Waals surface area contributed by atoms with E-state index in [9.17, 15) is 4.79 Å². The molecule has 0 saturated carbocycles. The lowest BCUT2D eigenvalue weighted by Crippen LogP contribution is -2.11. The molecule has 1 unspecified atom stereocenters. The average Bonchev–Trinajstić information content (AvgIpc) is 2.45. The number of rotatable bonds is 9. The first-order valence-electron chi connectivity index (χ1n) is 6.97. The molecule has 2 N–H and O–H groups in total. The zero-order valence-corrected chi connectivity index (χ0v) is 11.8. The zero-order chi connectivity index (χ0) is 14.8. The van der Waals surface area contributed by atoms with Crippen molar-refractivity contribution in [2.24, 2.45) is 5.92 Å². The van der Waals surface area contributed by atoms with Crippen LogP contribution in [0.3, 0.4) is 0 Å².